The average Bonchev–Trinajstić information content (AvgIpc) is 2.62. The van der Waals surface area contributed by atoms with Crippen molar-refractivity contribution in [3.8, 4) is 11.1 Å². The summed E-state index contributed by atoms with van der Waals surface area (Å²) < 4.78 is 0. The maximum Gasteiger partial charge on any atom is 0.140 e. The molecule has 0 aromatic heterocycles. The van der Waals surface area contributed by atoms with Crippen molar-refractivity contribution in [3.63, 3.8) is 0 Å². The Hall–Kier alpha value is -2.28. The summed E-state index contributed by atoms with van der Waals surface area (Å²) in [7, 11) is 2.26. The second-order valence-corrected chi connectivity index (χ2v) is 6.59. The predicted octanol–water partition coefficient (Wildman–Crippen LogP) is 4.49. The molecule has 0 unspecified atom stereocenters. The van der Waals surface area contributed by atoms with E-state index >= 15 is 0 Å². The van der Waals surface area contributed by atoms with Crippen molar-refractivity contribution in [2.75, 3.05) is 0 Å². The van der Waals surface area contributed by atoms with Crippen molar-refractivity contribution in [2.45, 2.75) is 32.6 Å². The average molecular weight is 312 g/mol. The molecule has 0 saturated heterocycles. The maximum atomic E-state index is 2.29. The van der Waals surface area contributed by atoms with Crippen molar-refractivity contribution < 1.29 is 0 Å². The molecule has 0 heterocycles. The highest BCUT2D eigenvalue weighted by Gasteiger charge is 2.06. The van der Waals surface area contributed by atoms with Crippen molar-refractivity contribution in [1.29, 1.82) is 0 Å². The third kappa shape index (κ3) is 3.97. The van der Waals surface area contributed by atoms with E-state index in [1.807, 2.05) is 0 Å². The summed E-state index contributed by atoms with van der Waals surface area (Å²) in [4.78, 5) is 0. The molecule has 0 nitrogen and oxygen atoms in total. The van der Waals surface area contributed by atoms with Crippen molar-refractivity contribution in [2.24, 2.45) is 0 Å². The zero-order chi connectivity index (χ0) is 16.8. The standard InChI is InChI=1S/C23H25B/c1-18-10-5-6-11-19(18)12-7-8-15-21-16-9-17-22(23(21)24)20-13-3-2-4-14-20/h2-6,9-11,13-14,16-17H,7-8,12,15,24H2,1H3. The summed E-state index contributed by atoms with van der Waals surface area (Å²) in [6.45, 7) is 2.21. The van der Waals surface area contributed by atoms with Crippen LogP contribution in [0.1, 0.15) is 29.5 Å². The quantitative estimate of drug-likeness (QED) is 0.465. The van der Waals surface area contributed by atoms with Crippen LogP contribution >= 0.6 is 0 Å². The van der Waals surface area contributed by atoms with Crippen LogP contribution in [0.4, 0.5) is 0 Å². The van der Waals surface area contributed by atoms with E-state index < -0.39 is 0 Å². The lowest BCUT2D eigenvalue weighted by atomic mass is 9.81. The van der Waals surface area contributed by atoms with Gasteiger partial charge in [-0.2, -0.15) is 0 Å². The largest absolute Gasteiger partial charge is 0.140 e. The minimum atomic E-state index is 1.17. The summed E-state index contributed by atoms with van der Waals surface area (Å²) in [5.41, 5.74) is 8.51. The first-order chi connectivity index (χ1) is 11.8. The molecule has 0 aliphatic heterocycles. The molecule has 0 spiro atoms. The monoisotopic (exact) mass is 312 g/mol. The van der Waals surface area contributed by atoms with Gasteiger partial charge in [-0.15, -0.1) is 0 Å². The third-order valence-corrected chi connectivity index (χ3v) is 4.93. The van der Waals surface area contributed by atoms with E-state index in [1.165, 1.54) is 59.0 Å². The topological polar surface area (TPSA) is 0 Å². The molecule has 0 saturated carbocycles. The van der Waals surface area contributed by atoms with Gasteiger partial charge in [0.25, 0.3) is 0 Å². The Morgan fingerprint density at radius 1 is 0.667 bits per heavy atom. The number of hydrogen-bond acceptors (Lipinski definition) is 0. The normalized spacial score (nSPS) is 10.7. The van der Waals surface area contributed by atoms with Crippen LogP contribution in [0.2, 0.25) is 0 Å². The molecule has 0 radical (unpaired) electrons. The summed E-state index contributed by atoms with van der Waals surface area (Å²) in [6, 6.07) is 26.2. The zero-order valence-corrected chi connectivity index (χ0v) is 14.8. The van der Waals surface area contributed by atoms with Gasteiger partial charge < -0.3 is 0 Å². The fraction of sp³-hybridized carbons (Fsp3) is 0.217. The minimum Gasteiger partial charge on any atom is -0.0781 e. The summed E-state index contributed by atoms with van der Waals surface area (Å²) >= 11 is 0. The van der Waals surface area contributed by atoms with Crippen LogP contribution in [0, 0.1) is 6.92 Å². The van der Waals surface area contributed by atoms with Gasteiger partial charge in [-0.25, -0.2) is 0 Å². The molecule has 0 fully saturated rings. The zero-order valence-electron chi connectivity index (χ0n) is 14.8. The molecule has 0 N–H and O–H groups in total. The molecular formula is C23H25B. The molecule has 0 bridgehead atoms. The van der Waals surface area contributed by atoms with E-state index in [4.69, 9.17) is 0 Å². The molecule has 3 rings (SSSR count). The lowest BCUT2D eigenvalue weighted by Crippen LogP contribution is -2.13. The SMILES string of the molecule is Bc1c(CCCCc2ccccc2C)cccc1-c1ccccc1. The van der Waals surface area contributed by atoms with Gasteiger partial charge in [0.1, 0.15) is 7.85 Å². The molecule has 120 valence electrons. The van der Waals surface area contributed by atoms with Gasteiger partial charge in [0.15, 0.2) is 0 Å². The van der Waals surface area contributed by atoms with Gasteiger partial charge in [0.05, 0.1) is 0 Å². The number of aryl methyl sites for hydroxylation is 3. The highest BCUT2D eigenvalue weighted by molar-refractivity contribution is 6.37. The molecule has 0 amide bonds. The van der Waals surface area contributed by atoms with E-state index in [1.54, 1.807) is 0 Å². The van der Waals surface area contributed by atoms with Crippen molar-refractivity contribution >= 4 is 13.3 Å². The van der Waals surface area contributed by atoms with Crippen LogP contribution in [0.15, 0.2) is 72.8 Å². The van der Waals surface area contributed by atoms with Crippen LogP contribution in [-0.2, 0) is 12.8 Å². The number of unbranched alkanes of at least 4 members (excludes halogenated alkanes) is 1. The molecule has 1 heteroatoms. The van der Waals surface area contributed by atoms with Crippen molar-refractivity contribution in [3.05, 3.63) is 89.5 Å². The Kier molecular flexibility index (Phi) is 5.53. The smallest absolute Gasteiger partial charge is 0.0781 e. The van der Waals surface area contributed by atoms with E-state index in [2.05, 4.69) is 87.6 Å². The van der Waals surface area contributed by atoms with E-state index in [9.17, 15) is 0 Å². The van der Waals surface area contributed by atoms with Gasteiger partial charge in [-0.1, -0.05) is 83.8 Å². The fourth-order valence-corrected chi connectivity index (χ4v) is 3.41. The van der Waals surface area contributed by atoms with Crippen molar-refractivity contribution in [1.82, 2.24) is 0 Å². The molecule has 0 atom stereocenters. The predicted molar refractivity (Wildman–Crippen MR) is 108 cm³/mol. The van der Waals surface area contributed by atoms with Gasteiger partial charge in [0, 0.05) is 0 Å². The molecule has 3 aromatic rings. The molecule has 0 aliphatic rings. The van der Waals surface area contributed by atoms with E-state index in [0.717, 1.165) is 0 Å². The Bertz CT molecular complexity index is 790. The Balaban J connectivity index is 1.63. The third-order valence-electron chi connectivity index (χ3n) is 4.93. The summed E-state index contributed by atoms with van der Waals surface area (Å²) in [5.74, 6) is 0. The van der Waals surface area contributed by atoms with Gasteiger partial charge in [-0.3, -0.25) is 0 Å². The number of rotatable bonds is 6. The number of benzene rings is 3. The van der Waals surface area contributed by atoms with Crippen LogP contribution in [0.5, 0.6) is 0 Å². The Morgan fingerprint density at radius 3 is 2.04 bits per heavy atom. The fourth-order valence-electron chi connectivity index (χ4n) is 3.41. The van der Waals surface area contributed by atoms with Crippen LogP contribution < -0.4 is 5.46 Å². The Morgan fingerprint density at radius 2 is 1.29 bits per heavy atom. The molecule has 3 aromatic carbocycles. The lowest BCUT2D eigenvalue weighted by Gasteiger charge is -2.12. The van der Waals surface area contributed by atoms with Gasteiger partial charge in [-0.05, 0) is 54.9 Å². The second-order valence-electron chi connectivity index (χ2n) is 6.59. The summed E-state index contributed by atoms with van der Waals surface area (Å²) in [6.07, 6.45) is 4.84. The lowest BCUT2D eigenvalue weighted by molar-refractivity contribution is 0.734. The first kappa shape index (κ1) is 16.6. The van der Waals surface area contributed by atoms with Gasteiger partial charge in [0.2, 0.25) is 0 Å². The van der Waals surface area contributed by atoms with Crippen LogP contribution in [0.3, 0.4) is 0 Å². The first-order valence-corrected chi connectivity index (χ1v) is 8.94. The van der Waals surface area contributed by atoms with E-state index in [0.29, 0.717) is 0 Å². The summed E-state index contributed by atoms with van der Waals surface area (Å²) in [5, 5.41) is 0. The van der Waals surface area contributed by atoms with Gasteiger partial charge >= 0.3 is 0 Å². The maximum absolute atomic E-state index is 2.29. The highest BCUT2D eigenvalue weighted by Crippen LogP contribution is 2.19. The molecule has 0 aliphatic carbocycles. The minimum absolute atomic E-state index is 1.17. The first-order valence-electron chi connectivity index (χ1n) is 8.94. The van der Waals surface area contributed by atoms with Crippen LogP contribution in [0.25, 0.3) is 11.1 Å². The number of hydrogen-bond donors (Lipinski definition) is 0. The molecule has 24 heavy (non-hydrogen) atoms. The molecular weight excluding hydrogens is 287 g/mol. The second kappa shape index (κ2) is 8.01. The van der Waals surface area contributed by atoms with E-state index in [-0.39, 0.29) is 0 Å². The Labute approximate surface area is 147 Å². The van der Waals surface area contributed by atoms with Crippen LogP contribution in [-0.4, -0.2) is 7.85 Å². The highest BCUT2D eigenvalue weighted by atomic mass is 14.1.